The first-order chi connectivity index (χ1) is 13.7. The molecule has 0 saturated carbocycles. The van der Waals surface area contributed by atoms with Crippen molar-refractivity contribution in [1.82, 2.24) is 4.72 Å². The molecule has 2 aromatic carbocycles. The van der Waals surface area contributed by atoms with Crippen molar-refractivity contribution in [1.29, 1.82) is 0 Å². The molecule has 0 aliphatic heterocycles. The van der Waals surface area contributed by atoms with E-state index in [0.29, 0.717) is 19.4 Å². The van der Waals surface area contributed by atoms with Gasteiger partial charge in [0, 0.05) is 17.5 Å². The van der Waals surface area contributed by atoms with Gasteiger partial charge in [-0.25, -0.2) is 13.1 Å². The molecule has 0 aromatic heterocycles. The Kier molecular flexibility index (Phi) is 8.46. The molecule has 0 aliphatic rings. The van der Waals surface area contributed by atoms with Crippen molar-refractivity contribution in [3.8, 4) is 0 Å². The molecule has 2 rings (SSSR count). The summed E-state index contributed by atoms with van der Waals surface area (Å²) in [5, 5.41) is 5.34. The standard InChI is InChI=1S/C21H30N4O2SSi/c1-18-11-13-20(14-12-18)28(26,27)23-16-7-8-19(24-25-22)15-17-29(2,3)21-9-5-4-6-10-21/h4-6,9-14,19,23H,7-8,15-17H2,1-3H3. The van der Waals surface area contributed by atoms with Gasteiger partial charge in [0.25, 0.3) is 0 Å². The Morgan fingerprint density at radius 3 is 2.34 bits per heavy atom. The van der Waals surface area contributed by atoms with Gasteiger partial charge in [-0.15, -0.1) is 0 Å². The van der Waals surface area contributed by atoms with Crippen molar-refractivity contribution in [3.05, 3.63) is 70.6 Å². The number of hydrogen-bond donors (Lipinski definition) is 1. The topological polar surface area (TPSA) is 94.9 Å². The lowest BCUT2D eigenvalue weighted by molar-refractivity contribution is 0.546. The largest absolute Gasteiger partial charge is 0.240 e. The molecule has 0 radical (unpaired) electrons. The summed E-state index contributed by atoms with van der Waals surface area (Å²) >= 11 is 0. The van der Waals surface area contributed by atoms with Crippen LogP contribution in [0.5, 0.6) is 0 Å². The minimum Gasteiger partial charge on any atom is -0.211 e. The van der Waals surface area contributed by atoms with Gasteiger partial charge >= 0.3 is 0 Å². The second kappa shape index (κ2) is 10.6. The quantitative estimate of drug-likeness (QED) is 0.183. The number of sulfonamides is 1. The molecule has 0 saturated heterocycles. The highest BCUT2D eigenvalue weighted by Crippen LogP contribution is 2.19. The van der Waals surface area contributed by atoms with E-state index in [9.17, 15) is 8.42 Å². The van der Waals surface area contributed by atoms with Crippen LogP contribution in [0.4, 0.5) is 0 Å². The SMILES string of the molecule is Cc1ccc(S(=O)(=O)NCCCC(CC[Si](C)(C)c2ccccc2)N=[N+]=[N-])cc1. The molecule has 0 heterocycles. The van der Waals surface area contributed by atoms with Gasteiger partial charge in [0.2, 0.25) is 10.0 Å². The summed E-state index contributed by atoms with van der Waals surface area (Å²) in [5.41, 5.74) is 9.91. The first-order valence-corrected chi connectivity index (χ1v) is 14.6. The summed E-state index contributed by atoms with van der Waals surface area (Å²) < 4.78 is 27.3. The van der Waals surface area contributed by atoms with E-state index in [-0.39, 0.29) is 10.9 Å². The molecule has 8 heteroatoms. The fraction of sp³-hybridized carbons (Fsp3) is 0.429. The highest BCUT2D eigenvalue weighted by atomic mass is 32.2. The van der Waals surface area contributed by atoms with Crippen molar-refractivity contribution < 1.29 is 8.42 Å². The number of hydrogen-bond acceptors (Lipinski definition) is 3. The maximum atomic E-state index is 12.3. The summed E-state index contributed by atoms with van der Waals surface area (Å²) in [6.07, 6.45) is 2.12. The third-order valence-corrected chi connectivity index (χ3v) is 10.1. The van der Waals surface area contributed by atoms with Gasteiger partial charge < -0.3 is 0 Å². The zero-order valence-corrected chi connectivity index (χ0v) is 19.2. The van der Waals surface area contributed by atoms with Crippen LogP contribution in [0.15, 0.2) is 64.6 Å². The average Bonchev–Trinajstić information content (AvgIpc) is 2.70. The van der Waals surface area contributed by atoms with Crippen LogP contribution in [-0.2, 0) is 10.0 Å². The number of azide groups is 1. The Bertz CT molecular complexity index is 925. The molecule has 29 heavy (non-hydrogen) atoms. The lowest BCUT2D eigenvalue weighted by Gasteiger charge is -2.24. The third-order valence-electron chi connectivity index (χ3n) is 5.21. The van der Waals surface area contributed by atoms with E-state index < -0.39 is 18.1 Å². The molecule has 156 valence electrons. The zero-order chi connectivity index (χ0) is 21.3. The van der Waals surface area contributed by atoms with Crippen LogP contribution in [-0.4, -0.2) is 29.1 Å². The van der Waals surface area contributed by atoms with Crippen LogP contribution < -0.4 is 9.91 Å². The highest BCUT2D eigenvalue weighted by Gasteiger charge is 2.24. The molecule has 0 aliphatic carbocycles. The Balaban J connectivity index is 1.85. The Labute approximate surface area is 175 Å². The van der Waals surface area contributed by atoms with E-state index in [4.69, 9.17) is 5.53 Å². The lowest BCUT2D eigenvalue weighted by atomic mass is 10.1. The molecule has 0 spiro atoms. The van der Waals surface area contributed by atoms with E-state index >= 15 is 0 Å². The number of nitrogens with one attached hydrogen (secondary N) is 1. The van der Waals surface area contributed by atoms with Gasteiger partial charge in [0.15, 0.2) is 0 Å². The minimum absolute atomic E-state index is 0.112. The molecule has 0 fully saturated rings. The van der Waals surface area contributed by atoms with Crippen LogP contribution in [0.3, 0.4) is 0 Å². The number of aryl methyl sites for hydroxylation is 1. The Morgan fingerprint density at radius 1 is 1.07 bits per heavy atom. The predicted octanol–water partition coefficient (Wildman–Crippen LogP) is 4.74. The first-order valence-electron chi connectivity index (χ1n) is 9.91. The monoisotopic (exact) mass is 430 g/mol. The second-order valence-corrected chi connectivity index (χ2v) is 14.6. The van der Waals surface area contributed by atoms with Crippen LogP contribution in [0.2, 0.25) is 19.1 Å². The zero-order valence-electron chi connectivity index (χ0n) is 17.4. The van der Waals surface area contributed by atoms with Crippen molar-refractivity contribution in [2.75, 3.05) is 6.54 Å². The van der Waals surface area contributed by atoms with Gasteiger partial charge in [0.05, 0.1) is 13.0 Å². The van der Waals surface area contributed by atoms with E-state index in [1.54, 1.807) is 24.3 Å². The van der Waals surface area contributed by atoms with Gasteiger partial charge in [-0.1, -0.05) is 77.5 Å². The molecule has 1 atom stereocenters. The Hall–Kier alpha value is -2.12. The van der Waals surface area contributed by atoms with Crippen molar-refractivity contribution in [2.24, 2.45) is 5.11 Å². The van der Waals surface area contributed by atoms with Crippen LogP contribution in [0.25, 0.3) is 10.4 Å². The molecule has 0 amide bonds. The van der Waals surface area contributed by atoms with Crippen molar-refractivity contribution in [3.63, 3.8) is 0 Å². The first kappa shape index (κ1) is 23.2. The average molecular weight is 431 g/mol. The van der Waals surface area contributed by atoms with Gasteiger partial charge in [-0.3, -0.25) is 0 Å². The fourth-order valence-corrected chi connectivity index (χ4v) is 6.75. The number of nitrogens with zero attached hydrogens (tertiary/aromatic N) is 3. The summed E-state index contributed by atoms with van der Waals surface area (Å²) in [5.74, 6) is 0. The van der Waals surface area contributed by atoms with Crippen molar-refractivity contribution in [2.45, 2.75) is 56.3 Å². The highest BCUT2D eigenvalue weighted by molar-refractivity contribution is 7.89. The minimum atomic E-state index is -3.51. The van der Waals surface area contributed by atoms with E-state index in [1.807, 2.05) is 13.0 Å². The van der Waals surface area contributed by atoms with Crippen LogP contribution in [0.1, 0.15) is 24.8 Å². The van der Waals surface area contributed by atoms with Crippen LogP contribution >= 0.6 is 0 Å². The molecule has 0 bridgehead atoms. The number of benzene rings is 2. The Morgan fingerprint density at radius 2 is 1.72 bits per heavy atom. The molecular weight excluding hydrogens is 400 g/mol. The summed E-state index contributed by atoms with van der Waals surface area (Å²) in [7, 11) is -5.10. The van der Waals surface area contributed by atoms with Gasteiger partial charge in [-0.05, 0) is 43.9 Å². The van der Waals surface area contributed by atoms with Crippen molar-refractivity contribution >= 4 is 23.3 Å². The molecule has 1 N–H and O–H groups in total. The van der Waals surface area contributed by atoms with Crippen LogP contribution in [0, 0.1) is 6.92 Å². The van der Waals surface area contributed by atoms with E-state index in [1.165, 1.54) is 5.19 Å². The predicted molar refractivity (Wildman–Crippen MR) is 122 cm³/mol. The van der Waals surface area contributed by atoms with E-state index in [0.717, 1.165) is 18.0 Å². The van der Waals surface area contributed by atoms with E-state index in [2.05, 4.69) is 52.1 Å². The van der Waals surface area contributed by atoms with Gasteiger partial charge in [-0.2, -0.15) is 0 Å². The smallest absolute Gasteiger partial charge is 0.211 e. The third kappa shape index (κ3) is 7.33. The lowest BCUT2D eigenvalue weighted by Crippen LogP contribution is -2.41. The molecule has 6 nitrogen and oxygen atoms in total. The molecule has 1 unspecified atom stereocenters. The maximum Gasteiger partial charge on any atom is 0.240 e. The molecular formula is C21H30N4O2SSi. The fourth-order valence-electron chi connectivity index (χ4n) is 3.24. The summed E-state index contributed by atoms with van der Waals surface area (Å²) in [4.78, 5) is 3.26. The second-order valence-electron chi connectivity index (χ2n) is 8.00. The normalized spacial score (nSPS) is 12.9. The maximum absolute atomic E-state index is 12.3. The van der Waals surface area contributed by atoms with Gasteiger partial charge in [0.1, 0.15) is 0 Å². The summed E-state index contributed by atoms with van der Waals surface area (Å²) in [6, 6.07) is 18.2. The number of rotatable bonds is 11. The molecule has 2 aromatic rings. The summed E-state index contributed by atoms with van der Waals surface area (Å²) in [6.45, 7) is 6.89.